The van der Waals surface area contributed by atoms with Crippen molar-refractivity contribution in [1.82, 2.24) is 19.5 Å². The predicted molar refractivity (Wildman–Crippen MR) is 177 cm³/mol. The molecule has 2 saturated heterocycles. The van der Waals surface area contributed by atoms with E-state index in [1.807, 2.05) is 63.2 Å². The lowest BCUT2D eigenvalue weighted by Crippen LogP contribution is -2.52. The Hall–Kier alpha value is -3.33. The molecule has 7 unspecified atom stereocenters. The molecule has 48 heavy (non-hydrogen) atoms. The van der Waals surface area contributed by atoms with Crippen LogP contribution in [0.25, 0.3) is 11.3 Å². The van der Waals surface area contributed by atoms with Gasteiger partial charge in [0.15, 0.2) is 12.1 Å². The Labute approximate surface area is 282 Å². The average molecular weight is 683 g/mol. The van der Waals surface area contributed by atoms with Crippen LogP contribution in [-0.4, -0.2) is 98.7 Å². The van der Waals surface area contributed by atoms with Gasteiger partial charge >= 0.3 is 6.09 Å². The fourth-order valence-electron chi connectivity index (χ4n) is 7.05. The summed E-state index contributed by atoms with van der Waals surface area (Å²) in [5.74, 6) is 1.47. The van der Waals surface area contributed by atoms with Gasteiger partial charge in [-0.25, -0.2) is 18.2 Å². The second kappa shape index (κ2) is 14.7. The zero-order valence-electron chi connectivity index (χ0n) is 27.9. The minimum atomic E-state index is -4.02. The Morgan fingerprint density at radius 3 is 2.48 bits per heavy atom. The number of sulfonamides is 1. The maximum atomic E-state index is 14.0. The fraction of sp³-hybridized carbons (Fsp3) is 0.543. The van der Waals surface area contributed by atoms with Gasteiger partial charge in [0.05, 0.1) is 43.0 Å². The Morgan fingerprint density at radius 1 is 1.04 bits per heavy atom. The zero-order chi connectivity index (χ0) is 34.0. The lowest BCUT2D eigenvalue weighted by atomic mass is 9.98. The number of hydrogen-bond donors (Lipinski definition) is 2. The summed E-state index contributed by atoms with van der Waals surface area (Å²) in [4.78, 5) is 19.7. The number of carbonyl (C=O) groups excluding carboxylic acids is 1. The van der Waals surface area contributed by atoms with Gasteiger partial charge in [0.25, 0.3) is 0 Å². The predicted octanol–water partition coefficient (Wildman–Crippen LogP) is 3.76. The van der Waals surface area contributed by atoms with Gasteiger partial charge in [0, 0.05) is 36.4 Å². The highest BCUT2D eigenvalue weighted by Gasteiger charge is 2.56. The minimum Gasteiger partial charge on any atom is -0.445 e. The Kier molecular flexibility index (Phi) is 10.5. The third-order valence-electron chi connectivity index (χ3n) is 9.34. The van der Waals surface area contributed by atoms with E-state index in [-0.39, 0.29) is 60.5 Å². The summed E-state index contributed by atoms with van der Waals surface area (Å²) in [5.41, 5.74) is 1.58. The molecule has 260 valence electrons. The van der Waals surface area contributed by atoms with Crippen LogP contribution in [0.1, 0.15) is 31.7 Å². The second-order valence-corrected chi connectivity index (χ2v) is 15.8. The average Bonchev–Trinajstić information content (AvgIpc) is 3.75. The molecule has 1 aromatic heterocycles. The monoisotopic (exact) mass is 682 g/mol. The largest absolute Gasteiger partial charge is 0.445 e. The van der Waals surface area contributed by atoms with E-state index >= 15 is 0 Å². The molecule has 2 aliphatic heterocycles. The summed E-state index contributed by atoms with van der Waals surface area (Å²) >= 11 is 0. The molecule has 3 aliphatic rings. The molecule has 1 saturated carbocycles. The molecule has 2 bridgehead atoms. The molecule has 6 rings (SSSR count). The molecule has 3 aromatic rings. The van der Waals surface area contributed by atoms with Crippen LogP contribution in [0, 0.1) is 23.7 Å². The first kappa shape index (κ1) is 34.5. The highest BCUT2D eigenvalue weighted by Crippen LogP contribution is 2.49. The number of nitrogens with one attached hydrogen (secondary N) is 1. The van der Waals surface area contributed by atoms with Gasteiger partial charge in [-0.1, -0.05) is 44.2 Å². The minimum absolute atomic E-state index is 0.0255. The number of aliphatic hydroxyl groups is 1. The maximum Gasteiger partial charge on any atom is 0.407 e. The molecule has 0 radical (unpaired) electrons. The highest BCUT2D eigenvalue weighted by molar-refractivity contribution is 7.89. The van der Waals surface area contributed by atoms with E-state index in [9.17, 15) is 18.3 Å². The zero-order valence-corrected chi connectivity index (χ0v) is 28.7. The van der Waals surface area contributed by atoms with Crippen molar-refractivity contribution in [2.75, 3.05) is 40.4 Å². The van der Waals surface area contributed by atoms with Crippen LogP contribution in [0.4, 0.5) is 4.79 Å². The SMILES string of the molecule is CC(C)CN(CC(O)C(Cc1ccccc1)NC(=O)OC1C2COC3OCC1C3C2)S(=O)(=O)c1ccc(-c2cnc(CN(C)C)o2)cc1. The molecular weight excluding hydrogens is 636 g/mol. The van der Waals surface area contributed by atoms with Gasteiger partial charge in [-0.15, -0.1) is 0 Å². The molecule has 7 atom stereocenters. The van der Waals surface area contributed by atoms with Crippen LogP contribution in [0.5, 0.6) is 0 Å². The highest BCUT2D eigenvalue weighted by atomic mass is 32.2. The standard InChI is InChI=1S/C35H46N4O8S/c1-22(2)17-39(48(42,43)26-12-10-24(11-13-26)31-16-36-32(46-31)19-38(3)4)18-30(40)29(14-23-8-6-5-7-9-23)37-35(41)47-33-25-15-27-28(33)21-45-34(27)44-20-25/h5-13,16,22,25,27-30,33-34,40H,14-15,17-21H2,1-4H3,(H,37,41). The van der Waals surface area contributed by atoms with Crippen LogP contribution in [0.2, 0.25) is 0 Å². The molecule has 2 aromatic carbocycles. The molecular formula is C35H46N4O8S. The summed E-state index contributed by atoms with van der Waals surface area (Å²) in [6, 6.07) is 15.1. The van der Waals surface area contributed by atoms with E-state index in [0.717, 1.165) is 12.0 Å². The van der Waals surface area contributed by atoms with Gasteiger partial charge in [0.1, 0.15) is 6.10 Å². The van der Waals surface area contributed by atoms with Crippen molar-refractivity contribution >= 4 is 16.1 Å². The van der Waals surface area contributed by atoms with Gasteiger partial charge in [0.2, 0.25) is 15.9 Å². The second-order valence-electron chi connectivity index (χ2n) is 13.8. The molecule has 13 heteroatoms. The number of benzene rings is 2. The van der Waals surface area contributed by atoms with Crippen molar-refractivity contribution in [3.05, 3.63) is 72.2 Å². The summed E-state index contributed by atoms with van der Waals surface area (Å²) in [6.07, 6.45) is 0.342. The van der Waals surface area contributed by atoms with Crippen LogP contribution < -0.4 is 5.32 Å². The first-order chi connectivity index (χ1) is 23.0. The van der Waals surface area contributed by atoms with Crippen molar-refractivity contribution < 1.29 is 36.9 Å². The first-order valence-electron chi connectivity index (χ1n) is 16.6. The van der Waals surface area contributed by atoms with Gasteiger partial charge in [-0.3, -0.25) is 0 Å². The smallest absolute Gasteiger partial charge is 0.407 e. The summed E-state index contributed by atoms with van der Waals surface area (Å²) in [5, 5.41) is 14.5. The Bertz CT molecular complexity index is 1630. The van der Waals surface area contributed by atoms with E-state index in [0.29, 0.717) is 37.0 Å². The number of rotatable bonds is 14. The van der Waals surface area contributed by atoms with Gasteiger partial charge in [-0.2, -0.15) is 4.31 Å². The van der Waals surface area contributed by atoms with Crippen LogP contribution in [-0.2, 0) is 37.2 Å². The summed E-state index contributed by atoms with van der Waals surface area (Å²) in [7, 11) is -0.180. The number of hydrogen-bond acceptors (Lipinski definition) is 10. The number of aromatic nitrogens is 1. The van der Waals surface area contributed by atoms with E-state index in [2.05, 4.69) is 10.3 Å². The Morgan fingerprint density at radius 2 is 1.77 bits per heavy atom. The topological polar surface area (TPSA) is 144 Å². The number of carbonyl (C=O) groups is 1. The summed E-state index contributed by atoms with van der Waals surface area (Å²) < 4.78 is 52.7. The number of aliphatic hydroxyl groups excluding tert-OH is 1. The van der Waals surface area contributed by atoms with Crippen molar-refractivity contribution in [3.63, 3.8) is 0 Å². The number of nitrogens with zero attached hydrogens (tertiary/aromatic N) is 3. The summed E-state index contributed by atoms with van der Waals surface area (Å²) in [6.45, 7) is 5.29. The lowest BCUT2D eigenvalue weighted by molar-refractivity contribution is -0.169. The molecule has 3 heterocycles. The fourth-order valence-corrected chi connectivity index (χ4v) is 8.67. The van der Waals surface area contributed by atoms with E-state index < -0.39 is 28.3 Å². The Balaban J connectivity index is 1.18. The normalized spacial score (nSPS) is 24.7. The van der Waals surface area contributed by atoms with Gasteiger partial charge in [-0.05, 0) is 62.7 Å². The van der Waals surface area contributed by atoms with Crippen molar-refractivity contribution in [2.24, 2.45) is 23.7 Å². The maximum absolute atomic E-state index is 14.0. The van der Waals surface area contributed by atoms with E-state index in [1.54, 1.807) is 18.3 Å². The van der Waals surface area contributed by atoms with Crippen LogP contribution in [0.15, 0.2) is 70.1 Å². The number of ether oxygens (including phenoxy) is 3. The molecule has 1 amide bonds. The van der Waals surface area contributed by atoms with Crippen molar-refractivity contribution in [3.8, 4) is 11.3 Å². The van der Waals surface area contributed by atoms with Crippen molar-refractivity contribution in [2.45, 2.75) is 62.7 Å². The molecule has 12 nitrogen and oxygen atoms in total. The number of oxazole rings is 1. The van der Waals surface area contributed by atoms with Gasteiger partial charge < -0.3 is 34.0 Å². The molecule has 3 fully saturated rings. The quantitative estimate of drug-likeness (QED) is 0.258. The van der Waals surface area contributed by atoms with Crippen molar-refractivity contribution in [1.29, 1.82) is 0 Å². The number of amides is 1. The van der Waals surface area contributed by atoms with Crippen LogP contribution in [0.3, 0.4) is 0 Å². The number of fused-ring (bicyclic) bond motifs is 1. The third-order valence-corrected chi connectivity index (χ3v) is 11.2. The van der Waals surface area contributed by atoms with E-state index in [4.69, 9.17) is 18.6 Å². The third kappa shape index (κ3) is 7.77. The molecule has 0 spiro atoms. The lowest BCUT2D eigenvalue weighted by Gasteiger charge is -2.31. The molecule has 2 N–H and O–H groups in total. The molecule has 1 aliphatic carbocycles. The number of alkyl carbamates (subject to hydrolysis) is 1. The first-order valence-corrected chi connectivity index (χ1v) is 18.0. The van der Waals surface area contributed by atoms with Crippen LogP contribution >= 0.6 is 0 Å². The van der Waals surface area contributed by atoms with E-state index in [1.165, 1.54) is 16.4 Å².